The molecule has 1 fully saturated rings. The van der Waals surface area contributed by atoms with Gasteiger partial charge in [-0.05, 0) is 32.6 Å². The molecule has 1 saturated carbocycles. The van der Waals surface area contributed by atoms with Crippen molar-refractivity contribution in [2.45, 2.75) is 6.92 Å². The zero-order valence-electron chi connectivity index (χ0n) is 6.99. The molecule has 1 rings (SSSR count). The highest BCUT2D eigenvalue weighted by Gasteiger charge is 2.13. The molecule has 0 aromatic heterocycles. The smallest absolute Gasteiger partial charge is 0.330 e. The normalized spacial score (nSPS) is 18.8. The van der Waals surface area contributed by atoms with Crippen LogP contribution in [0.15, 0.2) is 12.2 Å². The lowest BCUT2D eigenvalue weighted by atomic mass is 10.1. The molecule has 0 aromatic carbocycles. The lowest BCUT2D eigenvalue weighted by molar-refractivity contribution is -0.137. The average molecular weight is 163 g/mol. The summed E-state index contributed by atoms with van der Waals surface area (Å²) in [5.74, 6) is 0.724. The third-order valence-electron chi connectivity index (χ3n) is 1.39. The highest BCUT2D eigenvalue weighted by atomic mass is 16.5. The summed E-state index contributed by atoms with van der Waals surface area (Å²) in [5, 5.41) is 0. The molecule has 0 unspecified atom stereocenters. The van der Waals surface area contributed by atoms with Crippen LogP contribution in [0.2, 0.25) is 0 Å². The molecule has 63 valence electrons. The number of esters is 1. The molecule has 0 aliphatic heterocycles. The van der Waals surface area contributed by atoms with Gasteiger partial charge < -0.3 is 4.74 Å². The van der Waals surface area contributed by atoms with Gasteiger partial charge in [-0.1, -0.05) is 6.08 Å². The van der Waals surface area contributed by atoms with Crippen LogP contribution in [-0.2, 0) is 9.53 Å². The Morgan fingerprint density at radius 3 is 2.75 bits per heavy atom. The Balaban J connectivity index is 2.23. The molecule has 0 amide bonds. The Kier molecular flexibility index (Phi) is 3.85. The van der Waals surface area contributed by atoms with Crippen molar-refractivity contribution in [3.05, 3.63) is 43.8 Å². The van der Waals surface area contributed by atoms with Gasteiger partial charge in [0.2, 0.25) is 0 Å². The zero-order chi connectivity index (χ0) is 8.81. The molecule has 0 saturated heterocycles. The predicted octanol–water partition coefficient (Wildman–Crippen LogP) is 1.51. The van der Waals surface area contributed by atoms with Crippen LogP contribution < -0.4 is 0 Å². The summed E-state index contributed by atoms with van der Waals surface area (Å²) in [5.41, 5.74) is 0. The quantitative estimate of drug-likeness (QED) is 0.465. The molecular weight excluding hydrogens is 152 g/mol. The summed E-state index contributed by atoms with van der Waals surface area (Å²) in [6.07, 6.45) is 10.9. The van der Waals surface area contributed by atoms with E-state index in [0.29, 0.717) is 6.61 Å². The molecule has 2 heteroatoms. The SMILES string of the molecule is CCOC(=O)/C=C/[C]1[CH][CH][CH][CH]1. The van der Waals surface area contributed by atoms with E-state index in [4.69, 9.17) is 4.74 Å². The molecule has 12 heavy (non-hydrogen) atoms. The molecule has 0 N–H and O–H groups in total. The van der Waals surface area contributed by atoms with Crippen LogP contribution >= 0.6 is 0 Å². The van der Waals surface area contributed by atoms with Crippen LogP contribution in [0.5, 0.6) is 0 Å². The summed E-state index contributed by atoms with van der Waals surface area (Å²) in [6.45, 7) is 2.21. The first-order valence-corrected chi connectivity index (χ1v) is 3.89. The maximum Gasteiger partial charge on any atom is 0.330 e. The van der Waals surface area contributed by atoms with E-state index in [0.717, 1.165) is 5.92 Å². The minimum absolute atomic E-state index is 0.293. The fourth-order valence-electron chi connectivity index (χ4n) is 0.855. The summed E-state index contributed by atoms with van der Waals surface area (Å²) in [6, 6.07) is 0. The minimum Gasteiger partial charge on any atom is -0.463 e. The Morgan fingerprint density at radius 2 is 2.17 bits per heavy atom. The van der Waals surface area contributed by atoms with Crippen LogP contribution in [0.25, 0.3) is 0 Å². The first-order chi connectivity index (χ1) is 5.83. The standard InChI is InChI=1S/C10H11O2/c1-2-12-10(11)8-7-9-5-3-4-6-9/h3-8H,2H2,1H3/b8-7+. The van der Waals surface area contributed by atoms with E-state index in [1.165, 1.54) is 6.08 Å². The monoisotopic (exact) mass is 163 g/mol. The Morgan fingerprint density at radius 1 is 1.50 bits per heavy atom. The maximum atomic E-state index is 10.8. The number of rotatable bonds is 3. The molecule has 5 radical (unpaired) electrons. The van der Waals surface area contributed by atoms with Gasteiger partial charge in [-0.2, -0.15) is 0 Å². The maximum absolute atomic E-state index is 10.8. The molecule has 1 aliphatic carbocycles. The van der Waals surface area contributed by atoms with Crippen LogP contribution in [0, 0.1) is 31.6 Å². The number of hydrogen-bond donors (Lipinski definition) is 0. The van der Waals surface area contributed by atoms with Crippen LogP contribution in [-0.4, -0.2) is 12.6 Å². The molecule has 0 bridgehead atoms. The molecule has 2 nitrogen and oxygen atoms in total. The van der Waals surface area contributed by atoms with Crippen molar-refractivity contribution in [1.29, 1.82) is 0 Å². The van der Waals surface area contributed by atoms with Gasteiger partial charge >= 0.3 is 5.97 Å². The fourth-order valence-corrected chi connectivity index (χ4v) is 0.855. The second-order valence-electron chi connectivity index (χ2n) is 2.30. The van der Waals surface area contributed by atoms with Crippen molar-refractivity contribution >= 4 is 5.97 Å². The summed E-state index contributed by atoms with van der Waals surface area (Å²) in [7, 11) is 0. The second-order valence-corrected chi connectivity index (χ2v) is 2.30. The van der Waals surface area contributed by atoms with E-state index in [2.05, 4.69) is 0 Å². The topological polar surface area (TPSA) is 26.3 Å². The van der Waals surface area contributed by atoms with E-state index >= 15 is 0 Å². The van der Waals surface area contributed by atoms with Gasteiger partial charge in [-0.3, -0.25) is 0 Å². The number of hydrogen-bond acceptors (Lipinski definition) is 2. The highest BCUT2D eigenvalue weighted by Crippen LogP contribution is 2.23. The lowest BCUT2D eigenvalue weighted by Gasteiger charge is -1.98. The molecule has 1 aliphatic rings. The predicted molar refractivity (Wildman–Crippen MR) is 46.2 cm³/mol. The summed E-state index contributed by atoms with van der Waals surface area (Å²) >= 11 is 0. The molecule has 0 aromatic rings. The number of carbonyl (C=O) groups excluding carboxylic acids is 1. The van der Waals surface area contributed by atoms with Crippen LogP contribution in [0.1, 0.15) is 6.92 Å². The Bertz CT molecular complexity index is 167. The molecular formula is C10H11O2. The molecule has 0 atom stereocenters. The van der Waals surface area contributed by atoms with Crippen molar-refractivity contribution < 1.29 is 9.53 Å². The summed E-state index contributed by atoms with van der Waals surface area (Å²) in [4.78, 5) is 10.8. The van der Waals surface area contributed by atoms with Gasteiger partial charge in [0.15, 0.2) is 0 Å². The van der Waals surface area contributed by atoms with E-state index in [9.17, 15) is 4.79 Å². The van der Waals surface area contributed by atoms with Gasteiger partial charge in [0.25, 0.3) is 0 Å². The largest absolute Gasteiger partial charge is 0.463 e. The van der Waals surface area contributed by atoms with E-state index in [1.54, 1.807) is 13.0 Å². The van der Waals surface area contributed by atoms with Gasteiger partial charge in [0.1, 0.15) is 0 Å². The van der Waals surface area contributed by atoms with E-state index in [-0.39, 0.29) is 5.97 Å². The van der Waals surface area contributed by atoms with Crippen LogP contribution in [0.3, 0.4) is 0 Å². The number of carbonyl (C=O) groups is 1. The zero-order valence-corrected chi connectivity index (χ0v) is 6.99. The third-order valence-corrected chi connectivity index (χ3v) is 1.39. The fraction of sp³-hybridized carbons (Fsp3) is 0.200. The van der Waals surface area contributed by atoms with Crippen molar-refractivity contribution in [3.63, 3.8) is 0 Å². The number of allylic oxidation sites excluding steroid dienone is 1. The summed E-state index contributed by atoms with van der Waals surface area (Å²) < 4.78 is 4.71. The van der Waals surface area contributed by atoms with Crippen molar-refractivity contribution in [2.24, 2.45) is 0 Å². The van der Waals surface area contributed by atoms with Crippen LogP contribution in [0.4, 0.5) is 0 Å². The average Bonchev–Trinajstić information content (AvgIpc) is 2.53. The second kappa shape index (κ2) is 4.96. The Labute approximate surface area is 73.6 Å². The highest BCUT2D eigenvalue weighted by molar-refractivity contribution is 5.82. The van der Waals surface area contributed by atoms with E-state index < -0.39 is 0 Å². The molecule has 0 spiro atoms. The van der Waals surface area contributed by atoms with Gasteiger partial charge in [0.05, 0.1) is 6.61 Å². The lowest BCUT2D eigenvalue weighted by Crippen LogP contribution is -1.99. The Hall–Kier alpha value is -0.790. The van der Waals surface area contributed by atoms with Crippen molar-refractivity contribution in [2.75, 3.05) is 6.61 Å². The van der Waals surface area contributed by atoms with Crippen molar-refractivity contribution in [3.8, 4) is 0 Å². The van der Waals surface area contributed by atoms with Gasteiger partial charge in [0, 0.05) is 12.0 Å². The first kappa shape index (κ1) is 9.30. The van der Waals surface area contributed by atoms with E-state index in [1.807, 2.05) is 25.7 Å². The van der Waals surface area contributed by atoms with Gasteiger partial charge in [-0.25, -0.2) is 4.79 Å². The van der Waals surface area contributed by atoms with Gasteiger partial charge in [-0.15, -0.1) is 0 Å². The number of ether oxygens (including phenoxy) is 1. The minimum atomic E-state index is -0.293. The first-order valence-electron chi connectivity index (χ1n) is 3.89. The molecule has 0 heterocycles. The third kappa shape index (κ3) is 3.07. The van der Waals surface area contributed by atoms with Crippen molar-refractivity contribution in [1.82, 2.24) is 0 Å².